The normalized spacial score (nSPS) is 12.3. The Kier molecular flexibility index (Phi) is 5.66. The maximum absolute atomic E-state index is 13.2. The molecule has 0 amide bonds. The smallest absolute Gasteiger partial charge is 0.416 e. The molecule has 36 heavy (non-hydrogen) atoms. The summed E-state index contributed by atoms with van der Waals surface area (Å²) in [5, 5.41) is 2.98. The summed E-state index contributed by atoms with van der Waals surface area (Å²) in [5.41, 5.74) is 1.11. The van der Waals surface area contributed by atoms with Crippen LogP contribution in [0.1, 0.15) is 11.1 Å². The second kappa shape index (κ2) is 8.59. The minimum Gasteiger partial charge on any atom is -0.497 e. The maximum atomic E-state index is 13.2. The van der Waals surface area contributed by atoms with Crippen LogP contribution in [0.3, 0.4) is 0 Å². The van der Waals surface area contributed by atoms with E-state index in [0.717, 1.165) is 46.0 Å². The quantitative estimate of drug-likeness (QED) is 0.179. The number of methoxy groups -OCH3 is 1. The largest absolute Gasteiger partial charge is 0.497 e. The molecule has 0 heterocycles. The Balaban J connectivity index is 1.84. The van der Waals surface area contributed by atoms with Crippen molar-refractivity contribution in [3.05, 3.63) is 102 Å². The van der Waals surface area contributed by atoms with Crippen LogP contribution in [0.5, 0.6) is 5.75 Å². The van der Waals surface area contributed by atoms with Gasteiger partial charge in [-0.3, -0.25) is 0 Å². The first-order valence-corrected chi connectivity index (χ1v) is 11.0. The SMILES string of the molecule is COc1ccc2c(-c3ccc(C(F)(F)F)cc3)c3ccccc3c(-c3ccc(C(F)(F)F)cc3)c2c1. The Bertz CT molecular complexity index is 1560. The van der Waals surface area contributed by atoms with Crippen LogP contribution < -0.4 is 4.74 Å². The summed E-state index contributed by atoms with van der Waals surface area (Å²) in [5.74, 6) is 0.546. The summed E-state index contributed by atoms with van der Waals surface area (Å²) in [6.07, 6.45) is -8.92. The lowest BCUT2D eigenvalue weighted by molar-refractivity contribution is -0.138. The molecule has 0 saturated carbocycles. The topological polar surface area (TPSA) is 9.23 Å². The second-order valence-corrected chi connectivity index (χ2v) is 8.36. The van der Waals surface area contributed by atoms with E-state index in [1.54, 1.807) is 12.1 Å². The molecule has 1 nitrogen and oxygen atoms in total. The van der Waals surface area contributed by atoms with Gasteiger partial charge < -0.3 is 4.74 Å². The molecule has 182 valence electrons. The van der Waals surface area contributed by atoms with E-state index in [9.17, 15) is 26.3 Å². The number of hydrogen-bond donors (Lipinski definition) is 0. The molecule has 0 N–H and O–H groups in total. The zero-order valence-corrected chi connectivity index (χ0v) is 18.8. The van der Waals surface area contributed by atoms with Gasteiger partial charge in [-0.2, -0.15) is 26.3 Å². The monoisotopic (exact) mass is 496 g/mol. The standard InChI is InChI=1S/C29H18F6O/c1-36-21-14-15-24-25(16-21)27(18-8-12-20(13-9-18)29(33,34)35)23-5-3-2-4-22(23)26(24)17-6-10-19(11-7-17)28(30,31)32/h2-16H,1H3. The van der Waals surface area contributed by atoms with Crippen LogP contribution in [0.2, 0.25) is 0 Å². The summed E-state index contributed by atoms with van der Waals surface area (Å²) < 4.78 is 84.5. The van der Waals surface area contributed by atoms with E-state index in [1.165, 1.54) is 31.4 Å². The Hall–Kier alpha value is -4.00. The van der Waals surface area contributed by atoms with Crippen molar-refractivity contribution in [1.29, 1.82) is 0 Å². The molecule has 0 bridgehead atoms. The molecule has 0 fully saturated rings. The van der Waals surface area contributed by atoms with E-state index < -0.39 is 23.5 Å². The van der Waals surface area contributed by atoms with Crippen LogP contribution in [0.4, 0.5) is 26.3 Å². The highest BCUT2D eigenvalue weighted by Gasteiger charge is 2.31. The molecule has 0 spiro atoms. The predicted molar refractivity (Wildman–Crippen MR) is 129 cm³/mol. The first kappa shape index (κ1) is 23.7. The van der Waals surface area contributed by atoms with E-state index in [1.807, 2.05) is 30.3 Å². The molecule has 5 aromatic rings. The summed E-state index contributed by atoms with van der Waals surface area (Å²) in [4.78, 5) is 0. The van der Waals surface area contributed by atoms with Gasteiger partial charge in [-0.15, -0.1) is 0 Å². The van der Waals surface area contributed by atoms with Gasteiger partial charge in [0.05, 0.1) is 18.2 Å². The van der Waals surface area contributed by atoms with Crippen LogP contribution >= 0.6 is 0 Å². The fourth-order valence-electron chi connectivity index (χ4n) is 4.56. The number of rotatable bonds is 3. The first-order valence-electron chi connectivity index (χ1n) is 11.0. The minimum absolute atomic E-state index is 0.546. The van der Waals surface area contributed by atoms with E-state index >= 15 is 0 Å². The van der Waals surface area contributed by atoms with Crippen LogP contribution in [0.15, 0.2) is 91.0 Å². The number of hydrogen-bond acceptors (Lipinski definition) is 1. The first-order chi connectivity index (χ1) is 17.1. The average molecular weight is 496 g/mol. The highest BCUT2D eigenvalue weighted by molar-refractivity contribution is 6.21. The molecule has 0 aliphatic carbocycles. The van der Waals surface area contributed by atoms with Gasteiger partial charge >= 0.3 is 12.4 Å². The van der Waals surface area contributed by atoms with E-state index in [4.69, 9.17) is 4.74 Å². The van der Waals surface area contributed by atoms with Crippen LogP contribution in [0, 0.1) is 0 Å². The molecule has 0 aliphatic rings. The Labute approximate surface area is 202 Å². The molecule has 5 aromatic carbocycles. The predicted octanol–water partition coefficient (Wildman–Crippen LogP) is 9.37. The molecular weight excluding hydrogens is 478 g/mol. The van der Waals surface area contributed by atoms with Crippen molar-refractivity contribution in [2.75, 3.05) is 7.11 Å². The molecule has 0 unspecified atom stereocenters. The van der Waals surface area contributed by atoms with Crippen molar-refractivity contribution in [1.82, 2.24) is 0 Å². The van der Waals surface area contributed by atoms with Crippen molar-refractivity contribution >= 4 is 21.5 Å². The summed E-state index contributed by atoms with van der Waals surface area (Å²) in [6.45, 7) is 0. The molecule has 0 saturated heterocycles. The van der Waals surface area contributed by atoms with Gasteiger partial charge in [0.1, 0.15) is 5.75 Å². The van der Waals surface area contributed by atoms with Crippen LogP contribution in [-0.2, 0) is 12.4 Å². The highest BCUT2D eigenvalue weighted by atomic mass is 19.4. The van der Waals surface area contributed by atoms with Crippen LogP contribution in [0.25, 0.3) is 43.8 Å². The lowest BCUT2D eigenvalue weighted by Gasteiger charge is -2.19. The summed E-state index contributed by atoms with van der Waals surface area (Å²) in [6, 6.07) is 22.6. The molecule has 5 rings (SSSR count). The Morgan fingerprint density at radius 2 is 0.917 bits per heavy atom. The van der Waals surface area contributed by atoms with Crippen molar-refractivity contribution in [2.24, 2.45) is 0 Å². The highest BCUT2D eigenvalue weighted by Crippen LogP contribution is 2.45. The Morgan fingerprint density at radius 3 is 1.33 bits per heavy atom. The third-order valence-corrected chi connectivity index (χ3v) is 6.23. The van der Waals surface area contributed by atoms with Gasteiger partial charge in [-0.1, -0.05) is 54.6 Å². The van der Waals surface area contributed by atoms with Gasteiger partial charge in [-0.25, -0.2) is 0 Å². The van der Waals surface area contributed by atoms with Crippen molar-refractivity contribution in [2.45, 2.75) is 12.4 Å². The lowest BCUT2D eigenvalue weighted by Crippen LogP contribution is -2.04. The Morgan fingerprint density at radius 1 is 0.500 bits per heavy atom. The maximum Gasteiger partial charge on any atom is 0.416 e. The van der Waals surface area contributed by atoms with Gasteiger partial charge in [0.2, 0.25) is 0 Å². The third-order valence-electron chi connectivity index (χ3n) is 6.23. The lowest BCUT2D eigenvalue weighted by atomic mass is 9.85. The second-order valence-electron chi connectivity index (χ2n) is 8.36. The fraction of sp³-hybridized carbons (Fsp3) is 0.103. The van der Waals surface area contributed by atoms with Crippen molar-refractivity contribution in [3.8, 4) is 28.0 Å². The number of fused-ring (bicyclic) bond motifs is 2. The van der Waals surface area contributed by atoms with E-state index in [0.29, 0.717) is 27.8 Å². The van der Waals surface area contributed by atoms with Crippen molar-refractivity contribution in [3.63, 3.8) is 0 Å². The molecule has 0 aromatic heterocycles. The summed E-state index contributed by atoms with van der Waals surface area (Å²) in [7, 11) is 1.51. The third kappa shape index (κ3) is 4.15. The van der Waals surface area contributed by atoms with Gasteiger partial charge in [0, 0.05) is 0 Å². The molecule has 0 radical (unpaired) electrons. The van der Waals surface area contributed by atoms with E-state index in [2.05, 4.69) is 0 Å². The number of benzene rings is 5. The molecular formula is C29H18F6O. The average Bonchev–Trinajstić information content (AvgIpc) is 2.86. The van der Waals surface area contributed by atoms with E-state index in [-0.39, 0.29) is 0 Å². The van der Waals surface area contributed by atoms with Crippen LogP contribution in [-0.4, -0.2) is 7.11 Å². The number of alkyl halides is 6. The molecule has 0 aliphatic heterocycles. The number of halogens is 6. The zero-order chi connectivity index (χ0) is 25.7. The minimum atomic E-state index is -4.46. The molecule has 7 heteroatoms. The van der Waals surface area contributed by atoms with Gasteiger partial charge in [0.15, 0.2) is 0 Å². The number of ether oxygens (including phenoxy) is 1. The fourth-order valence-corrected chi connectivity index (χ4v) is 4.56. The van der Waals surface area contributed by atoms with Gasteiger partial charge in [0.25, 0.3) is 0 Å². The molecule has 0 atom stereocenters. The zero-order valence-electron chi connectivity index (χ0n) is 18.8. The van der Waals surface area contributed by atoms with Gasteiger partial charge in [-0.05, 0) is 80.2 Å². The van der Waals surface area contributed by atoms with Crippen molar-refractivity contribution < 1.29 is 31.1 Å². The summed E-state index contributed by atoms with van der Waals surface area (Å²) >= 11 is 0.